The molecule has 3 aromatic carbocycles. The van der Waals surface area contributed by atoms with Crippen LogP contribution in [0.2, 0.25) is 0 Å². The average Bonchev–Trinajstić information content (AvgIpc) is 2.76. The van der Waals surface area contributed by atoms with Crippen LogP contribution in [0.1, 0.15) is 37.8 Å². The lowest BCUT2D eigenvalue weighted by atomic mass is 10.0. The summed E-state index contributed by atoms with van der Waals surface area (Å²) in [6.07, 6.45) is 4.23. The van der Waals surface area contributed by atoms with E-state index in [1.165, 1.54) is 5.69 Å². The molecule has 3 rings (SSSR count). The molecule has 0 atom stereocenters. The normalized spacial score (nSPS) is 11.2. The first kappa shape index (κ1) is 22.0. The van der Waals surface area contributed by atoms with Crippen LogP contribution in [-0.4, -0.2) is 25.2 Å². The van der Waals surface area contributed by atoms with Crippen molar-refractivity contribution in [1.29, 1.82) is 0 Å². The molecule has 156 valence electrons. The van der Waals surface area contributed by atoms with Gasteiger partial charge in [-0.3, -0.25) is 4.79 Å². The molecule has 0 bridgehead atoms. The predicted molar refractivity (Wildman–Crippen MR) is 130 cm³/mol. The van der Waals surface area contributed by atoms with Crippen molar-refractivity contribution in [3.8, 4) is 0 Å². The SMILES string of the molecule is CCCN(CCC)c1ccc(/C=N\NC(=O)Cc2ccc(Br)c3ccccc23)cc1. The fourth-order valence-corrected chi connectivity index (χ4v) is 4.03. The largest absolute Gasteiger partial charge is 0.372 e. The van der Waals surface area contributed by atoms with E-state index in [9.17, 15) is 4.79 Å². The van der Waals surface area contributed by atoms with Crippen LogP contribution in [0.3, 0.4) is 0 Å². The van der Waals surface area contributed by atoms with Crippen molar-refractivity contribution in [3.05, 3.63) is 76.3 Å². The molecule has 0 saturated carbocycles. The summed E-state index contributed by atoms with van der Waals surface area (Å²) in [7, 11) is 0. The highest BCUT2D eigenvalue weighted by molar-refractivity contribution is 9.10. The fraction of sp³-hybridized carbons (Fsp3) is 0.280. The summed E-state index contributed by atoms with van der Waals surface area (Å²) < 4.78 is 1.03. The van der Waals surface area contributed by atoms with Gasteiger partial charge in [0.05, 0.1) is 12.6 Å². The maximum absolute atomic E-state index is 12.4. The lowest BCUT2D eigenvalue weighted by molar-refractivity contribution is -0.120. The lowest BCUT2D eigenvalue weighted by Gasteiger charge is -2.23. The molecule has 0 fully saturated rings. The van der Waals surface area contributed by atoms with E-state index in [0.717, 1.165) is 52.3 Å². The first-order valence-electron chi connectivity index (χ1n) is 10.5. The molecule has 3 aromatic rings. The number of hydrazone groups is 1. The van der Waals surface area contributed by atoms with Gasteiger partial charge < -0.3 is 4.90 Å². The molecular formula is C25H28BrN3O. The summed E-state index contributed by atoms with van der Waals surface area (Å²) in [5, 5.41) is 6.31. The van der Waals surface area contributed by atoms with Gasteiger partial charge in [-0.1, -0.05) is 72.2 Å². The number of fused-ring (bicyclic) bond motifs is 1. The Morgan fingerprint density at radius 2 is 1.63 bits per heavy atom. The van der Waals surface area contributed by atoms with Crippen LogP contribution in [0.5, 0.6) is 0 Å². The molecule has 0 aliphatic heterocycles. The Bertz CT molecular complexity index is 1010. The molecule has 0 saturated heterocycles. The van der Waals surface area contributed by atoms with Crippen LogP contribution in [0, 0.1) is 0 Å². The van der Waals surface area contributed by atoms with Gasteiger partial charge in [-0.25, -0.2) is 5.43 Å². The molecule has 0 aliphatic carbocycles. The summed E-state index contributed by atoms with van der Waals surface area (Å²) in [4.78, 5) is 14.8. The molecule has 0 unspecified atom stereocenters. The standard InChI is InChI=1S/C25H28BrN3O/c1-3-15-29(16-4-2)21-12-9-19(10-13-21)18-27-28-25(30)17-20-11-14-24(26)23-8-6-5-7-22(20)23/h5-14,18H,3-4,15-17H2,1-2H3,(H,28,30)/b27-18-. The van der Waals surface area contributed by atoms with Gasteiger partial charge in [-0.2, -0.15) is 5.10 Å². The number of hydrogen-bond donors (Lipinski definition) is 1. The Morgan fingerprint density at radius 1 is 0.967 bits per heavy atom. The van der Waals surface area contributed by atoms with E-state index < -0.39 is 0 Å². The lowest BCUT2D eigenvalue weighted by Crippen LogP contribution is -2.24. The smallest absolute Gasteiger partial charge is 0.244 e. The molecule has 0 radical (unpaired) electrons. The quantitative estimate of drug-likeness (QED) is 0.314. The van der Waals surface area contributed by atoms with Gasteiger partial charge in [0, 0.05) is 23.2 Å². The molecule has 0 heterocycles. The van der Waals surface area contributed by atoms with Gasteiger partial charge >= 0.3 is 0 Å². The maximum Gasteiger partial charge on any atom is 0.244 e. The molecule has 0 spiro atoms. The molecule has 0 aromatic heterocycles. The Balaban J connectivity index is 1.60. The molecule has 30 heavy (non-hydrogen) atoms. The van der Waals surface area contributed by atoms with E-state index in [1.807, 2.05) is 48.5 Å². The first-order valence-corrected chi connectivity index (χ1v) is 11.2. The molecule has 1 amide bonds. The van der Waals surface area contributed by atoms with Crippen molar-refractivity contribution in [2.75, 3.05) is 18.0 Å². The molecule has 4 nitrogen and oxygen atoms in total. The van der Waals surface area contributed by atoms with Crippen molar-refractivity contribution in [1.82, 2.24) is 5.43 Å². The minimum Gasteiger partial charge on any atom is -0.372 e. The number of halogens is 1. The van der Waals surface area contributed by atoms with Crippen LogP contribution in [-0.2, 0) is 11.2 Å². The van der Waals surface area contributed by atoms with E-state index in [1.54, 1.807) is 6.21 Å². The number of nitrogens with zero attached hydrogens (tertiary/aromatic N) is 2. The number of benzene rings is 3. The zero-order valence-electron chi connectivity index (χ0n) is 17.6. The van der Waals surface area contributed by atoms with E-state index in [4.69, 9.17) is 0 Å². The van der Waals surface area contributed by atoms with E-state index in [-0.39, 0.29) is 12.3 Å². The second kappa shape index (κ2) is 10.9. The van der Waals surface area contributed by atoms with Gasteiger partial charge in [-0.05, 0) is 52.9 Å². The number of hydrogen-bond acceptors (Lipinski definition) is 3. The van der Waals surface area contributed by atoms with Gasteiger partial charge in [0.1, 0.15) is 0 Å². The number of rotatable bonds is 9. The van der Waals surface area contributed by atoms with Crippen molar-refractivity contribution >= 4 is 44.5 Å². The highest BCUT2D eigenvalue weighted by Gasteiger charge is 2.08. The Labute approximate surface area is 187 Å². The van der Waals surface area contributed by atoms with E-state index in [0.29, 0.717) is 0 Å². The highest BCUT2D eigenvalue weighted by atomic mass is 79.9. The summed E-state index contributed by atoms with van der Waals surface area (Å²) >= 11 is 3.57. The third-order valence-electron chi connectivity index (χ3n) is 4.96. The highest BCUT2D eigenvalue weighted by Crippen LogP contribution is 2.27. The number of amides is 1. The second-order valence-corrected chi connectivity index (χ2v) is 8.15. The Hall–Kier alpha value is -2.66. The molecule has 1 N–H and O–H groups in total. The number of nitrogens with one attached hydrogen (secondary N) is 1. The average molecular weight is 466 g/mol. The third-order valence-corrected chi connectivity index (χ3v) is 5.65. The van der Waals surface area contributed by atoms with Crippen LogP contribution < -0.4 is 10.3 Å². The van der Waals surface area contributed by atoms with Gasteiger partial charge in [0.15, 0.2) is 0 Å². The van der Waals surface area contributed by atoms with Crippen molar-refractivity contribution in [2.24, 2.45) is 5.10 Å². The monoisotopic (exact) mass is 465 g/mol. The first-order chi connectivity index (χ1) is 14.6. The van der Waals surface area contributed by atoms with Gasteiger partial charge in [0.2, 0.25) is 5.91 Å². The van der Waals surface area contributed by atoms with Crippen LogP contribution in [0.25, 0.3) is 10.8 Å². The Morgan fingerprint density at radius 3 is 2.30 bits per heavy atom. The summed E-state index contributed by atoms with van der Waals surface area (Å²) in [6, 6.07) is 20.3. The molecular weight excluding hydrogens is 438 g/mol. The maximum atomic E-state index is 12.4. The van der Waals surface area contributed by atoms with Crippen LogP contribution >= 0.6 is 15.9 Å². The third kappa shape index (κ3) is 5.70. The minimum atomic E-state index is -0.132. The van der Waals surface area contributed by atoms with Crippen LogP contribution in [0.15, 0.2) is 70.2 Å². The zero-order valence-corrected chi connectivity index (χ0v) is 19.2. The predicted octanol–water partition coefficient (Wildman–Crippen LogP) is 5.92. The van der Waals surface area contributed by atoms with Crippen molar-refractivity contribution < 1.29 is 4.79 Å². The molecule has 0 aliphatic rings. The van der Waals surface area contributed by atoms with Crippen molar-refractivity contribution in [3.63, 3.8) is 0 Å². The Kier molecular flexibility index (Phi) is 8.03. The summed E-state index contributed by atoms with van der Waals surface area (Å²) in [6.45, 7) is 6.51. The molecule has 5 heteroatoms. The fourth-order valence-electron chi connectivity index (χ4n) is 3.55. The minimum absolute atomic E-state index is 0.132. The van der Waals surface area contributed by atoms with Gasteiger partial charge in [0.25, 0.3) is 0 Å². The topological polar surface area (TPSA) is 44.7 Å². The number of carbonyl (C=O) groups is 1. The summed E-state index contributed by atoms with van der Waals surface area (Å²) in [5.74, 6) is -0.132. The van der Waals surface area contributed by atoms with Gasteiger partial charge in [-0.15, -0.1) is 0 Å². The second-order valence-electron chi connectivity index (χ2n) is 7.30. The van der Waals surface area contributed by atoms with Crippen LogP contribution in [0.4, 0.5) is 5.69 Å². The van der Waals surface area contributed by atoms with E-state index >= 15 is 0 Å². The van der Waals surface area contributed by atoms with E-state index in [2.05, 4.69) is 57.3 Å². The zero-order chi connectivity index (χ0) is 21.3. The van der Waals surface area contributed by atoms with Crippen molar-refractivity contribution in [2.45, 2.75) is 33.1 Å². The number of carbonyl (C=O) groups excluding carboxylic acids is 1. The summed E-state index contributed by atoms with van der Waals surface area (Å²) in [5.41, 5.74) is 5.81. The number of anilines is 1.